The highest BCUT2D eigenvalue weighted by Crippen LogP contribution is 2.24. The molecule has 0 aliphatic carbocycles. The van der Waals surface area contributed by atoms with E-state index in [4.69, 9.17) is 11.6 Å². The van der Waals surface area contributed by atoms with Gasteiger partial charge in [0.25, 0.3) is 0 Å². The van der Waals surface area contributed by atoms with Crippen molar-refractivity contribution in [1.82, 2.24) is 0 Å². The Hall–Kier alpha value is -1.04. The van der Waals surface area contributed by atoms with E-state index in [1.165, 1.54) is 6.26 Å². The predicted molar refractivity (Wildman–Crippen MR) is 86.0 cm³/mol. The zero-order valence-corrected chi connectivity index (χ0v) is 13.9. The van der Waals surface area contributed by atoms with Crippen molar-refractivity contribution in [2.75, 3.05) is 11.6 Å². The summed E-state index contributed by atoms with van der Waals surface area (Å²) in [5, 5.41) is 3.76. The summed E-state index contributed by atoms with van der Waals surface area (Å²) in [7, 11) is -3.26. The molecule has 3 nitrogen and oxygen atoms in total. The van der Waals surface area contributed by atoms with Crippen LogP contribution >= 0.6 is 27.5 Å². The maximum absolute atomic E-state index is 11.7. The Morgan fingerprint density at radius 1 is 1.20 bits per heavy atom. The van der Waals surface area contributed by atoms with E-state index in [1.54, 1.807) is 30.3 Å². The number of hydrogen-bond donors (Lipinski definition) is 1. The Morgan fingerprint density at radius 3 is 2.60 bits per heavy atom. The third kappa shape index (κ3) is 3.75. The molecule has 0 atom stereocenters. The van der Waals surface area contributed by atoms with Crippen molar-refractivity contribution in [2.24, 2.45) is 0 Å². The van der Waals surface area contributed by atoms with Gasteiger partial charge < -0.3 is 5.32 Å². The maximum Gasteiger partial charge on any atom is 0.177 e. The van der Waals surface area contributed by atoms with Crippen LogP contribution in [0.5, 0.6) is 0 Å². The molecule has 0 unspecified atom stereocenters. The normalized spacial score (nSPS) is 11.3. The Kier molecular flexibility index (Phi) is 4.73. The lowest BCUT2D eigenvalue weighted by Gasteiger charge is -2.12. The Morgan fingerprint density at radius 2 is 1.90 bits per heavy atom. The van der Waals surface area contributed by atoms with Gasteiger partial charge in [-0.3, -0.25) is 0 Å². The van der Waals surface area contributed by atoms with Crippen LogP contribution in [0.25, 0.3) is 0 Å². The van der Waals surface area contributed by atoms with Crippen molar-refractivity contribution in [3.05, 3.63) is 57.5 Å². The highest BCUT2D eigenvalue weighted by atomic mass is 79.9. The van der Waals surface area contributed by atoms with Gasteiger partial charge in [0.2, 0.25) is 0 Å². The van der Waals surface area contributed by atoms with Crippen molar-refractivity contribution < 1.29 is 8.42 Å². The zero-order valence-electron chi connectivity index (χ0n) is 10.7. The fraction of sp³-hybridized carbons (Fsp3) is 0.143. The molecule has 1 N–H and O–H groups in total. The van der Waals surface area contributed by atoms with Crippen LogP contribution in [0.3, 0.4) is 0 Å². The van der Waals surface area contributed by atoms with E-state index in [2.05, 4.69) is 21.2 Å². The van der Waals surface area contributed by atoms with Crippen molar-refractivity contribution in [1.29, 1.82) is 0 Å². The molecule has 20 heavy (non-hydrogen) atoms. The van der Waals surface area contributed by atoms with Crippen LogP contribution in [0.15, 0.2) is 51.8 Å². The quantitative estimate of drug-likeness (QED) is 0.875. The lowest BCUT2D eigenvalue weighted by Crippen LogP contribution is -2.06. The fourth-order valence-electron chi connectivity index (χ4n) is 1.81. The second-order valence-corrected chi connectivity index (χ2v) is 7.66. The first-order chi connectivity index (χ1) is 9.38. The van der Waals surface area contributed by atoms with Crippen LogP contribution in [0.2, 0.25) is 5.02 Å². The van der Waals surface area contributed by atoms with E-state index in [0.717, 1.165) is 10.0 Å². The van der Waals surface area contributed by atoms with Crippen molar-refractivity contribution in [3.8, 4) is 0 Å². The van der Waals surface area contributed by atoms with Gasteiger partial charge in [0.1, 0.15) is 0 Å². The number of para-hydroxylation sites is 1. The van der Waals surface area contributed by atoms with Gasteiger partial charge in [0, 0.05) is 22.3 Å². The van der Waals surface area contributed by atoms with Crippen LogP contribution < -0.4 is 5.32 Å². The molecular formula is C14H13BrClNO2S. The molecule has 0 aromatic heterocycles. The first-order valence-corrected chi connectivity index (χ1v) is 8.91. The second-order valence-electron chi connectivity index (χ2n) is 4.36. The van der Waals surface area contributed by atoms with Gasteiger partial charge in [-0.1, -0.05) is 39.7 Å². The minimum absolute atomic E-state index is 0.283. The van der Waals surface area contributed by atoms with Crippen LogP contribution in [-0.2, 0) is 16.4 Å². The minimum Gasteiger partial charge on any atom is -0.380 e. The van der Waals surface area contributed by atoms with E-state index in [0.29, 0.717) is 17.3 Å². The standard InChI is InChI=1S/C14H13BrClNO2S/c1-20(18,19)14-5-3-2-4-13(14)17-9-10-8-11(15)6-7-12(10)16/h2-8,17H,9H2,1H3. The Bertz CT molecular complexity index is 732. The van der Waals surface area contributed by atoms with Gasteiger partial charge in [0.15, 0.2) is 9.84 Å². The maximum atomic E-state index is 11.7. The molecule has 0 saturated heterocycles. The highest BCUT2D eigenvalue weighted by Gasteiger charge is 2.12. The third-order valence-electron chi connectivity index (χ3n) is 2.76. The van der Waals surface area contributed by atoms with Crippen molar-refractivity contribution in [2.45, 2.75) is 11.4 Å². The van der Waals surface area contributed by atoms with E-state index < -0.39 is 9.84 Å². The largest absolute Gasteiger partial charge is 0.380 e. The van der Waals surface area contributed by atoms with E-state index in [9.17, 15) is 8.42 Å². The smallest absolute Gasteiger partial charge is 0.177 e. The monoisotopic (exact) mass is 373 g/mol. The summed E-state index contributed by atoms with van der Waals surface area (Å²) >= 11 is 9.50. The molecular weight excluding hydrogens is 362 g/mol. The summed E-state index contributed by atoms with van der Waals surface area (Å²) in [6.45, 7) is 0.449. The van der Waals surface area contributed by atoms with Crippen molar-refractivity contribution >= 4 is 43.1 Å². The van der Waals surface area contributed by atoms with Gasteiger partial charge in [-0.2, -0.15) is 0 Å². The summed E-state index contributed by atoms with van der Waals surface area (Å²) in [6.07, 6.45) is 1.19. The lowest BCUT2D eigenvalue weighted by atomic mass is 10.2. The lowest BCUT2D eigenvalue weighted by molar-refractivity contribution is 0.602. The fourth-order valence-corrected chi connectivity index (χ4v) is 3.26. The number of benzene rings is 2. The van der Waals surface area contributed by atoms with Crippen LogP contribution in [0.4, 0.5) is 5.69 Å². The SMILES string of the molecule is CS(=O)(=O)c1ccccc1NCc1cc(Br)ccc1Cl. The summed E-state index contributed by atoms with van der Waals surface area (Å²) < 4.78 is 24.4. The zero-order chi connectivity index (χ0) is 14.8. The molecule has 0 fully saturated rings. The van der Waals surface area contributed by atoms with Crippen LogP contribution in [0.1, 0.15) is 5.56 Å². The second kappa shape index (κ2) is 6.16. The predicted octanol–water partition coefficient (Wildman–Crippen LogP) is 4.12. The number of nitrogens with one attached hydrogen (secondary N) is 1. The molecule has 106 valence electrons. The number of rotatable bonds is 4. The molecule has 2 aromatic carbocycles. The summed E-state index contributed by atoms with van der Waals surface area (Å²) in [5.41, 5.74) is 1.47. The van der Waals surface area contributed by atoms with Gasteiger partial charge in [-0.25, -0.2) is 8.42 Å². The average molecular weight is 375 g/mol. The molecule has 0 radical (unpaired) electrons. The molecule has 2 aromatic rings. The van der Waals surface area contributed by atoms with Gasteiger partial charge in [-0.05, 0) is 35.9 Å². The summed E-state index contributed by atoms with van der Waals surface area (Å²) in [5.74, 6) is 0. The Balaban J connectivity index is 2.26. The van der Waals surface area contributed by atoms with Gasteiger partial charge in [-0.15, -0.1) is 0 Å². The van der Waals surface area contributed by atoms with Crippen molar-refractivity contribution in [3.63, 3.8) is 0 Å². The minimum atomic E-state index is -3.26. The molecule has 0 aliphatic heterocycles. The number of sulfone groups is 1. The number of halogens is 2. The summed E-state index contributed by atoms with van der Waals surface area (Å²) in [6, 6.07) is 12.4. The number of hydrogen-bond acceptors (Lipinski definition) is 3. The number of anilines is 1. The van der Waals surface area contributed by atoms with E-state index >= 15 is 0 Å². The molecule has 0 bridgehead atoms. The van der Waals surface area contributed by atoms with Gasteiger partial charge >= 0.3 is 0 Å². The van der Waals surface area contributed by atoms with E-state index in [1.807, 2.05) is 12.1 Å². The summed E-state index contributed by atoms with van der Waals surface area (Å²) in [4.78, 5) is 0.283. The van der Waals surface area contributed by atoms with Gasteiger partial charge in [0.05, 0.1) is 10.6 Å². The topological polar surface area (TPSA) is 46.2 Å². The third-order valence-corrected chi connectivity index (χ3v) is 4.78. The molecule has 0 spiro atoms. The van der Waals surface area contributed by atoms with Crippen LogP contribution in [0, 0.1) is 0 Å². The molecule has 0 aliphatic rings. The first kappa shape index (κ1) is 15.4. The van der Waals surface area contributed by atoms with Crippen LogP contribution in [-0.4, -0.2) is 14.7 Å². The van der Waals surface area contributed by atoms with E-state index in [-0.39, 0.29) is 4.90 Å². The molecule has 0 heterocycles. The first-order valence-electron chi connectivity index (χ1n) is 5.85. The highest BCUT2D eigenvalue weighted by molar-refractivity contribution is 9.10. The Labute approximate surface area is 132 Å². The molecule has 0 amide bonds. The molecule has 2 rings (SSSR count). The molecule has 6 heteroatoms. The average Bonchev–Trinajstić information content (AvgIpc) is 2.39. The molecule has 0 saturated carbocycles.